The highest BCUT2D eigenvalue weighted by molar-refractivity contribution is 8.00. The van der Waals surface area contributed by atoms with Crippen molar-refractivity contribution >= 4 is 23.4 Å². The molecule has 1 saturated carbocycles. The minimum Gasteiger partial charge on any atom is -0.325 e. The summed E-state index contributed by atoms with van der Waals surface area (Å²) in [7, 11) is 0. The zero-order chi connectivity index (χ0) is 20.9. The number of carbonyl (C=O) groups excluding carboxylic acids is 1. The number of anilines is 1. The monoisotopic (exact) mass is 421 g/mol. The van der Waals surface area contributed by atoms with Gasteiger partial charge in [-0.1, -0.05) is 49.7 Å². The van der Waals surface area contributed by atoms with Gasteiger partial charge in [-0.2, -0.15) is 0 Å². The highest BCUT2D eigenvalue weighted by Gasteiger charge is 2.30. The van der Waals surface area contributed by atoms with E-state index in [-0.39, 0.29) is 11.2 Å². The van der Waals surface area contributed by atoms with E-state index in [1.807, 2.05) is 55.6 Å². The van der Waals surface area contributed by atoms with E-state index in [1.165, 1.54) is 31.0 Å². The standard InChI is InChI=1S/C23H27N5OS/c1-16-9-6-7-13-20(16)28-21(18-10-8-14-24-15-18)26-27-23(28)30-17(2)22(29)25-19-11-4-3-5-12-19/h3-5,8,10-12,14-17,20H,6-7,9,13H2,1-2H3,(H,25,29). The van der Waals surface area contributed by atoms with Gasteiger partial charge in [-0.05, 0) is 49.9 Å². The quantitative estimate of drug-likeness (QED) is 0.553. The van der Waals surface area contributed by atoms with Crippen LogP contribution in [0.2, 0.25) is 0 Å². The molecule has 2 heterocycles. The van der Waals surface area contributed by atoms with Gasteiger partial charge < -0.3 is 5.32 Å². The van der Waals surface area contributed by atoms with E-state index in [2.05, 4.69) is 32.0 Å². The molecule has 0 saturated heterocycles. The lowest BCUT2D eigenvalue weighted by atomic mass is 9.85. The molecule has 0 spiro atoms. The van der Waals surface area contributed by atoms with Crippen molar-refractivity contribution in [2.24, 2.45) is 5.92 Å². The summed E-state index contributed by atoms with van der Waals surface area (Å²) < 4.78 is 2.25. The highest BCUT2D eigenvalue weighted by Crippen LogP contribution is 2.39. The number of thioether (sulfide) groups is 1. The van der Waals surface area contributed by atoms with Gasteiger partial charge in [-0.25, -0.2) is 0 Å². The number of rotatable bonds is 6. The lowest BCUT2D eigenvalue weighted by molar-refractivity contribution is -0.115. The Bertz CT molecular complexity index is 976. The van der Waals surface area contributed by atoms with Crippen molar-refractivity contribution in [3.05, 3.63) is 54.9 Å². The first-order chi connectivity index (χ1) is 14.6. The number of para-hydroxylation sites is 1. The fourth-order valence-corrected chi connectivity index (χ4v) is 4.91. The second-order valence-electron chi connectivity index (χ2n) is 7.86. The average molecular weight is 422 g/mol. The van der Waals surface area contributed by atoms with Crippen molar-refractivity contribution in [3.63, 3.8) is 0 Å². The van der Waals surface area contributed by atoms with Crippen LogP contribution in [0.1, 0.15) is 45.6 Å². The van der Waals surface area contributed by atoms with Gasteiger partial charge in [0.15, 0.2) is 11.0 Å². The van der Waals surface area contributed by atoms with E-state index < -0.39 is 0 Å². The number of hydrogen-bond donors (Lipinski definition) is 1. The molecular formula is C23H27N5OS. The Hall–Kier alpha value is -2.67. The van der Waals surface area contributed by atoms with Crippen LogP contribution in [0, 0.1) is 5.92 Å². The van der Waals surface area contributed by atoms with E-state index in [1.54, 1.807) is 6.20 Å². The van der Waals surface area contributed by atoms with Gasteiger partial charge >= 0.3 is 0 Å². The lowest BCUT2D eigenvalue weighted by Crippen LogP contribution is -2.25. The maximum absolute atomic E-state index is 12.7. The topological polar surface area (TPSA) is 72.7 Å². The molecule has 0 aliphatic heterocycles. The Morgan fingerprint density at radius 1 is 1.13 bits per heavy atom. The van der Waals surface area contributed by atoms with E-state index >= 15 is 0 Å². The summed E-state index contributed by atoms with van der Waals surface area (Å²) in [4.78, 5) is 17.0. The minimum atomic E-state index is -0.297. The van der Waals surface area contributed by atoms with Gasteiger partial charge in [0, 0.05) is 29.7 Å². The first kappa shape index (κ1) is 20.6. The highest BCUT2D eigenvalue weighted by atomic mass is 32.2. The van der Waals surface area contributed by atoms with Crippen molar-refractivity contribution in [2.45, 2.75) is 56.0 Å². The van der Waals surface area contributed by atoms with Gasteiger partial charge in [0.05, 0.1) is 5.25 Å². The number of hydrogen-bond acceptors (Lipinski definition) is 5. The van der Waals surface area contributed by atoms with Crippen LogP contribution in [0.4, 0.5) is 5.69 Å². The van der Waals surface area contributed by atoms with Crippen LogP contribution >= 0.6 is 11.8 Å². The molecule has 3 aromatic rings. The predicted molar refractivity (Wildman–Crippen MR) is 120 cm³/mol. The third kappa shape index (κ3) is 4.56. The Morgan fingerprint density at radius 2 is 1.93 bits per heavy atom. The molecule has 0 radical (unpaired) electrons. The fourth-order valence-electron chi connectivity index (χ4n) is 4.01. The van der Waals surface area contributed by atoms with Crippen molar-refractivity contribution in [1.29, 1.82) is 0 Å². The lowest BCUT2D eigenvalue weighted by Gasteiger charge is -2.31. The summed E-state index contributed by atoms with van der Waals surface area (Å²) >= 11 is 1.47. The van der Waals surface area contributed by atoms with E-state index in [0.717, 1.165) is 28.7 Å². The molecule has 1 aliphatic rings. The maximum atomic E-state index is 12.7. The third-order valence-electron chi connectivity index (χ3n) is 5.67. The normalized spacial score (nSPS) is 19.9. The molecular weight excluding hydrogens is 394 g/mol. The van der Waals surface area contributed by atoms with E-state index in [0.29, 0.717) is 12.0 Å². The molecule has 6 nitrogen and oxygen atoms in total. The van der Waals surface area contributed by atoms with Crippen LogP contribution in [0.5, 0.6) is 0 Å². The second kappa shape index (κ2) is 9.43. The maximum Gasteiger partial charge on any atom is 0.237 e. The van der Waals surface area contributed by atoms with Gasteiger partial charge in [0.1, 0.15) is 0 Å². The van der Waals surface area contributed by atoms with Gasteiger partial charge in [-0.15, -0.1) is 10.2 Å². The number of nitrogens with one attached hydrogen (secondary N) is 1. The Morgan fingerprint density at radius 3 is 2.67 bits per heavy atom. The third-order valence-corrected chi connectivity index (χ3v) is 6.73. The smallest absolute Gasteiger partial charge is 0.237 e. The Kier molecular flexibility index (Phi) is 6.47. The molecule has 30 heavy (non-hydrogen) atoms. The molecule has 4 rings (SSSR count). The van der Waals surface area contributed by atoms with Gasteiger partial charge in [0.2, 0.25) is 5.91 Å². The summed E-state index contributed by atoms with van der Waals surface area (Å²) in [6.07, 6.45) is 8.36. The second-order valence-corrected chi connectivity index (χ2v) is 9.17. The molecule has 1 aliphatic carbocycles. The van der Waals surface area contributed by atoms with E-state index in [9.17, 15) is 4.79 Å². The molecule has 1 aromatic carbocycles. The molecule has 3 unspecified atom stereocenters. The number of nitrogens with zero attached hydrogens (tertiary/aromatic N) is 4. The molecule has 2 aromatic heterocycles. The summed E-state index contributed by atoms with van der Waals surface area (Å²) in [5.41, 5.74) is 1.75. The van der Waals surface area contributed by atoms with E-state index in [4.69, 9.17) is 0 Å². The molecule has 3 atom stereocenters. The van der Waals surface area contributed by atoms with Gasteiger partial charge in [0.25, 0.3) is 0 Å². The number of benzene rings is 1. The van der Waals surface area contributed by atoms with Crippen molar-refractivity contribution in [3.8, 4) is 11.4 Å². The van der Waals surface area contributed by atoms with Crippen molar-refractivity contribution in [1.82, 2.24) is 19.7 Å². The number of amides is 1. The summed E-state index contributed by atoms with van der Waals surface area (Å²) in [5.74, 6) is 1.33. The fraction of sp³-hybridized carbons (Fsp3) is 0.391. The molecule has 0 bridgehead atoms. The zero-order valence-corrected chi connectivity index (χ0v) is 18.2. The average Bonchev–Trinajstić information content (AvgIpc) is 3.18. The first-order valence-electron chi connectivity index (χ1n) is 10.5. The van der Waals surface area contributed by atoms with Crippen LogP contribution in [-0.4, -0.2) is 30.9 Å². The van der Waals surface area contributed by atoms with Crippen molar-refractivity contribution < 1.29 is 4.79 Å². The molecule has 156 valence electrons. The van der Waals surface area contributed by atoms with Crippen LogP contribution in [0.3, 0.4) is 0 Å². The first-order valence-corrected chi connectivity index (χ1v) is 11.4. The molecule has 7 heteroatoms. The summed E-state index contributed by atoms with van der Waals surface area (Å²) in [6.45, 7) is 4.22. The number of aromatic nitrogens is 4. The summed E-state index contributed by atoms with van der Waals surface area (Å²) in [6, 6.07) is 13.8. The predicted octanol–water partition coefficient (Wildman–Crippen LogP) is 5.21. The van der Waals surface area contributed by atoms with Crippen LogP contribution in [0.15, 0.2) is 60.0 Å². The van der Waals surface area contributed by atoms with Crippen LogP contribution in [0.25, 0.3) is 11.4 Å². The minimum absolute atomic E-state index is 0.0413. The SMILES string of the molecule is CC(Sc1nnc(-c2cccnc2)n1C1CCCCC1C)C(=O)Nc1ccccc1. The van der Waals surface area contributed by atoms with Gasteiger partial charge in [-0.3, -0.25) is 14.3 Å². The van der Waals surface area contributed by atoms with Crippen molar-refractivity contribution in [2.75, 3.05) is 5.32 Å². The largest absolute Gasteiger partial charge is 0.325 e. The number of carbonyl (C=O) groups is 1. The summed E-state index contributed by atoms with van der Waals surface area (Å²) in [5, 5.41) is 12.5. The Labute approximate surface area is 181 Å². The Balaban J connectivity index is 1.61. The van der Waals surface area contributed by atoms with Crippen LogP contribution in [-0.2, 0) is 4.79 Å². The van der Waals surface area contributed by atoms with Crippen LogP contribution < -0.4 is 5.32 Å². The zero-order valence-electron chi connectivity index (χ0n) is 17.4. The molecule has 1 N–H and O–H groups in total. The molecule has 1 amide bonds. The number of pyridine rings is 1. The molecule has 1 fully saturated rings.